The number of hydrogen-bond donors (Lipinski definition) is 0. The molecule has 0 aliphatic heterocycles. The number of ether oxygens (including phenoxy) is 2. The lowest BCUT2D eigenvalue weighted by atomic mass is 10.1. The minimum Gasteiger partial charge on any atom is -0.460 e. The van der Waals surface area contributed by atoms with Gasteiger partial charge in [0.05, 0.1) is 6.61 Å². The van der Waals surface area contributed by atoms with Crippen LogP contribution in [0.1, 0.15) is 12.5 Å². The molecule has 96 valence electrons. The summed E-state index contributed by atoms with van der Waals surface area (Å²) in [5.41, 5.74) is 0.823. The number of esters is 1. The first kappa shape index (κ1) is 14.1. The van der Waals surface area contributed by atoms with E-state index < -0.39 is 5.97 Å². The van der Waals surface area contributed by atoms with Gasteiger partial charge in [-0.25, -0.2) is 4.79 Å². The van der Waals surface area contributed by atoms with E-state index in [2.05, 4.69) is 0 Å². The van der Waals surface area contributed by atoms with Crippen molar-refractivity contribution in [3.63, 3.8) is 0 Å². The maximum absolute atomic E-state index is 11.7. The Kier molecular flexibility index (Phi) is 5.80. The Morgan fingerprint density at radius 3 is 2.39 bits per heavy atom. The van der Waals surface area contributed by atoms with Crippen LogP contribution in [0.25, 0.3) is 6.08 Å². The smallest absolute Gasteiger partial charge is 0.341 e. The molecule has 0 amide bonds. The van der Waals surface area contributed by atoms with Crippen molar-refractivity contribution < 1.29 is 19.1 Å². The monoisotopic (exact) mass is 248 g/mol. The van der Waals surface area contributed by atoms with Crippen LogP contribution in [0.15, 0.2) is 35.9 Å². The topological polar surface area (TPSA) is 52.6 Å². The lowest BCUT2D eigenvalue weighted by Gasteiger charge is -2.05. The summed E-state index contributed by atoms with van der Waals surface area (Å²) < 4.78 is 9.69. The molecule has 0 fully saturated rings. The van der Waals surface area contributed by atoms with Gasteiger partial charge >= 0.3 is 5.97 Å². The summed E-state index contributed by atoms with van der Waals surface area (Å²) in [7, 11) is 1.51. The van der Waals surface area contributed by atoms with Gasteiger partial charge in [-0.3, -0.25) is 4.79 Å². The fraction of sp³-hybridized carbons (Fsp3) is 0.286. The highest BCUT2D eigenvalue weighted by molar-refractivity contribution is 6.19. The van der Waals surface area contributed by atoms with Crippen molar-refractivity contribution in [2.75, 3.05) is 20.3 Å². The first-order valence-corrected chi connectivity index (χ1v) is 5.59. The third-order valence-electron chi connectivity index (χ3n) is 2.23. The molecule has 4 heteroatoms. The van der Waals surface area contributed by atoms with Gasteiger partial charge in [0.15, 0.2) is 5.78 Å². The van der Waals surface area contributed by atoms with Gasteiger partial charge in [-0.05, 0) is 18.6 Å². The van der Waals surface area contributed by atoms with Crippen molar-refractivity contribution >= 4 is 17.8 Å². The minimum absolute atomic E-state index is 0.0392. The predicted molar refractivity (Wildman–Crippen MR) is 67.9 cm³/mol. The molecule has 0 spiro atoms. The van der Waals surface area contributed by atoms with Gasteiger partial charge in [0.2, 0.25) is 0 Å². The third kappa shape index (κ3) is 4.51. The van der Waals surface area contributed by atoms with Crippen LogP contribution in [-0.2, 0) is 19.1 Å². The number of carbonyl (C=O) groups excluding carboxylic acids is 2. The fourth-order valence-corrected chi connectivity index (χ4v) is 1.32. The number of Topliss-reactive ketones (excluding diaryl/α,β-unsaturated/α-hetero) is 1. The van der Waals surface area contributed by atoms with Crippen molar-refractivity contribution in [3.05, 3.63) is 41.5 Å². The lowest BCUT2D eigenvalue weighted by molar-refractivity contribution is -0.141. The average Bonchev–Trinajstić information content (AvgIpc) is 2.37. The van der Waals surface area contributed by atoms with Gasteiger partial charge in [0.25, 0.3) is 0 Å². The molecule has 0 heterocycles. The van der Waals surface area contributed by atoms with Gasteiger partial charge < -0.3 is 9.47 Å². The molecule has 0 radical (unpaired) electrons. The Hall–Kier alpha value is -1.94. The van der Waals surface area contributed by atoms with Crippen LogP contribution in [0.3, 0.4) is 0 Å². The highest BCUT2D eigenvalue weighted by atomic mass is 16.6. The zero-order valence-corrected chi connectivity index (χ0v) is 10.5. The molecule has 1 aromatic carbocycles. The van der Waals surface area contributed by atoms with Crippen molar-refractivity contribution in [3.8, 4) is 0 Å². The third-order valence-corrected chi connectivity index (χ3v) is 2.23. The van der Waals surface area contributed by atoms with E-state index in [4.69, 9.17) is 9.47 Å². The van der Waals surface area contributed by atoms with Crippen LogP contribution in [0, 0.1) is 0 Å². The van der Waals surface area contributed by atoms with Gasteiger partial charge in [0, 0.05) is 7.11 Å². The largest absolute Gasteiger partial charge is 0.460 e. The maximum Gasteiger partial charge on any atom is 0.341 e. The first-order valence-electron chi connectivity index (χ1n) is 5.59. The quantitative estimate of drug-likeness (QED) is 0.253. The second-order valence-corrected chi connectivity index (χ2v) is 3.65. The van der Waals surface area contributed by atoms with E-state index in [0.717, 1.165) is 5.56 Å². The molecule has 0 saturated heterocycles. The van der Waals surface area contributed by atoms with Crippen LogP contribution < -0.4 is 0 Å². The van der Waals surface area contributed by atoms with Crippen molar-refractivity contribution in [2.24, 2.45) is 0 Å². The second-order valence-electron chi connectivity index (χ2n) is 3.65. The van der Waals surface area contributed by atoms with E-state index in [-0.39, 0.29) is 18.0 Å². The SMILES string of the molecule is COCCOC(=O)/C(=C/c1ccccc1)C(C)=O. The Bertz CT molecular complexity index is 434. The molecule has 0 saturated carbocycles. The molecule has 0 aliphatic carbocycles. The van der Waals surface area contributed by atoms with E-state index in [1.165, 1.54) is 20.1 Å². The van der Waals surface area contributed by atoms with Gasteiger partial charge in [-0.1, -0.05) is 30.3 Å². The molecular weight excluding hydrogens is 232 g/mol. The number of hydrogen-bond acceptors (Lipinski definition) is 4. The lowest BCUT2D eigenvalue weighted by Crippen LogP contribution is -2.16. The van der Waals surface area contributed by atoms with E-state index in [1.807, 2.05) is 30.3 Å². The van der Waals surface area contributed by atoms with Crippen molar-refractivity contribution in [1.29, 1.82) is 0 Å². The number of rotatable bonds is 6. The maximum atomic E-state index is 11.7. The Balaban J connectivity index is 2.80. The molecule has 1 aromatic rings. The summed E-state index contributed by atoms with van der Waals surface area (Å²) >= 11 is 0. The highest BCUT2D eigenvalue weighted by Gasteiger charge is 2.15. The first-order chi connectivity index (χ1) is 8.65. The zero-order chi connectivity index (χ0) is 13.4. The molecule has 18 heavy (non-hydrogen) atoms. The molecule has 0 unspecified atom stereocenters. The van der Waals surface area contributed by atoms with Crippen LogP contribution in [0.2, 0.25) is 0 Å². The molecule has 0 atom stereocenters. The number of ketones is 1. The normalized spacial score (nSPS) is 11.1. The summed E-state index contributed by atoms with van der Waals surface area (Å²) in [5, 5.41) is 0. The minimum atomic E-state index is -0.622. The standard InChI is InChI=1S/C14H16O4/c1-11(15)13(14(16)18-9-8-17-2)10-12-6-4-3-5-7-12/h3-7,10H,8-9H2,1-2H3/b13-10+. The molecule has 1 rings (SSSR count). The van der Waals surface area contributed by atoms with E-state index in [0.29, 0.717) is 6.61 Å². The average molecular weight is 248 g/mol. The van der Waals surface area contributed by atoms with E-state index >= 15 is 0 Å². The summed E-state index contributed by atoms with van der Waals surface area (Å²) in [4.78, 5) is 23.1. The summed E-state index contributed by atoms with van der Waals surface area (Å²) in [5.74, 6) is -0.940. The van der Waals surface area contributed by atoms with Gasteiger partial charge in [-0.2, -0.15) is 0 Å². The second kappa shape index (κ2) is 7.40. The number of benzene rings is 1. The molecular formula is C14H16O4. The molecule has 0 N–H and O–H groups in total. The number of methoxy groups -OCH3 is 1. The molecule has 0 bridgehead atoms. The Morgan fingerprint density at radius 1 is 1.17 bits per heavy atom. The number of carbonyl (C=O) groups is 2. The molecule has 0 aromatic heterocycles. The predicted octanol–water partition coefficient (Wildman–Crippen LogP) is 1.85. The van der Waals surface area contributed by atoms with Gasteiger partial charge in [0.1, 0.15) is 12.2 Å². The summed E-state index contributed by atoms with van der Waals surface area (Å²) in [6.45, 7) is 1.78. The molecule has 0 aliphatic rings. The Labute approximate surface area is 106 Å². The fourth-order valence-electron chi connectivity index (χ4n) is 1.32. The highest BCUT2D eigenvalue weighted by Crippen LogP contribution is 2.09. The molecule has 4 nitrogen and oxygen atoms in total. The van der Waals surface area contributed by atoms with Crippen molar-refractivity contribution in [1.82, 2.24) is 0 Å². The van der Waals surface area contributed by atoms with E-state index in [9.17, 15) is 9.59 Å². The van der Waals surface area contributed by atoms with Crippen LogP contribution in [-0.4, -0.2) is 32.1 Å². The van der Waals surface area contributed by atoms with Crippen molar-refractivity contribution in [2.45, 2.75) is 6.92 Å². The van der Waals surface area contributed by atoms with E-state index in [1.54, 1.807) is 0 Å². The summed E-state index contributed by atoms with van der Waals surface area (Å²) in [6.07, 6.45) is 1.53. The van der Waals surface area contributed by atoms with Crippen LogP contribution in [0.4, 0.5) is 0 Å². The van der Waals surface area contributed by atoms with Gasteiger partial charge in [-0.15, -0.1) is 0 Å². The zero-order valence-electron chi connectivity index (χ0n) is 10.5. The Morgan fingerprint density at radius 2 is 1.83 bits per heavy atom. The summed E-state index contributed by atoms with van der Waals surface area (Å²) in [6, 6.07) is 9.15. The van der Waals surface area contributed by atoms with Crippen LogP contribution >= 0.6 is 0 Å². The van der Waals surface area contributed by atoms with Crippen LogP contribution in [0.5, 0.6) is 0 Å².